The number of hydrogen-bond acceptors (Lipinski definition) is 2. The van der Waals surface area contributed by atoms with Gasteiger partial charge in [-0.05, 0) is 37.1 Å². The van der Waals surface area contributed by atoms with Crippen LogP contribution in [0.1, 0.15) is 47.5 Å². The fourth-order valence-corrected chi connectivity index (χ4v) is 3.11. The van der Waals surface area contributed by atoms with Crippen LogP contribution in [0.4, 0.5) is 0 Å². The normalized spacial score (nSPS) is 33.4. The molecule has 2 N–H and O–H groups in total. The Morgan fingerprint density at radius 3 is 2.11 bits per heavy atom. The highest BCUT2D eigenvalue weighted by Crippen LogP contribution is 2.62. The molecular weight excluding hydrogens is 248 g/mol. The van der Waals surface area contributed by atoms with E-state index in [0.717, 1.165) is 25.9 Å². The van der Waals surface area contributed by atoms with E-state index in [4.69, 9.17) is 0 Å². The molecule has 0 aromatic heterocycles. The summed E-state index contributed by atoms with van der Waals surface area (Å²) in [6.07, 6.45) is 2.10. The Hall–Kier alpha value is -0.280. The Bertz CT molecular complexity index is 319. The van der Waals surface area contributed by atoms with E-state index in [1.807, 2.05) is 0 Å². The summed E-state index contributed by atoms with van der Waals surface area (Å²) in [6, 6.07) is 0.321. The molecule has 106 valence electrons. The summed E-state index contributed by atoms with van der Waals surface area (Å²) >= 11 is 0. The average molecular weight is 275 g/mol. The quantitative estimate of drug-likeness (QED) is 0.812. The van der Waals surface area contributed by atoms with Gasteiger partial charge < -0.3 is 10.6 Å². The molecule has 18 heavy (non-hydrogen) atoms. The number of hydrogen-bond donors (Lipinski definition) is 2. The predicted molar refractivity (Wildman–Crippen MR) is 77.0 cm³/mol. The maximum absolute atomic E-state index is 12.4. The van der Waals surface area contributed by atoms with Gasteiger partial charge in [0.15, 0.2) is 0 Å². The van der Waals surface area contributed by atoms with Crippen LogP contribution in [-0.4, -0.2) is 25.0 Å². The van der Waals surface area contributed by atoms with Crippen molar-refractivity contribution >= 4 is 18.3 Å². The summed E-state index contributed by atoms with van der Waals surface area (Å²) in [5.41, 5.74) is 0.231. The smallest absolute Gasteiger partial charge is 0.227 e. The van der Waals surface area contributed by atoms with Crippen molar-refractivity contribution in [3.8, 4) is 0 Å². The van der Waals surface area contributed by atoms with Gasteiger partial charge in [-0.3, -0.25) is 4.79 Å². The molecule has 1 aliphatic heterocycles. The van der Waals surface area contributed by atoms with Crippen molar-refractivity contribution in [2.24, 2.45) is 16.2 Å². The molecule has 1 atom stereocenters. The monoisotopic (exact) mass is 274 g/mol. The summed E-state index contributed by atoms with van der Waals surface area (Å²) in [5, 5.41) is 6.60. The van der Waals surface area contributed by atoms with Gasteiger partial charge in [0.05, 0.1) is 5.41 Å². The van der Waals surface area contributed by atoms with Gasteiger partial charge in [0.1, 0.15) is 0 Å². The first-order valence-corrected chi connectivity index (χ1v) is 6.73. The molecule has 1 saturated carbocycles. The molecule has 0 spiro atoms. The van der Waals surface area contributed by atoms with Crippen molar-refractivity contribution in [3.05, 3.63) is 0 Å². The van der Waals surface area contributed by atoms with Gasteiger partial charge in [-0.15, -0.1) is 12.4 Å². The molecule has 0 radical (unpaired) electrons. The molecular formula is C14H27ClN2O. The lowest BCUT2D eigenvalue weighted by atomic mass is 9.82. The third-order valence-corrected chi connectivity index (χ3v) is 5.44. The van der Waals surface area contributed by atoms with E-state index >= 15 is 0 Å². The molecule has 1 aliphatic carbocycles. The van der Waals surface area contributed by atoms with Crippen LogP contribution in [0, 0.1) is 16.2 Å². The Balaban J connectivity index is 0.00000162. The minimum absolute atomic E-state index is 0. The number of carbonyl (C=O) groups excluding carboxylic acids is 1. The van der Waals surface area contributed by atoms with E-state index in [9.17, 15) is 4.79 Å². The second kappa shape index (κ2) is 4.68. The lowest BCUT2D eigenvalue weighted by Crippen LogP contribution is -2.50. The Morgan fingerprint density at radius 2 is 1.72 bits per heavy atom. The van der Waals surface area contributed by atoms with Crippen molar-refractivity contribution < 1.29 is 4.79 Å². The van der Waals surface area contributed by atoms with E-state index in [1.54, 1.807) is 0 Å². The summed E-state index contributed by atoms with van der Waals surface area (Å²) in [7, 11) is 0. The van der Waals surface area contributed by atoms with Crippen LogP contribution >= 0.6 is 12.4 Å². The zero-order valence-electron chi connectivity index (χ0n) is 12.2. The molecule has 1 unspecified atom stereocenters. The summed E-state index contributed by atoms with van der Waals surface area (Å²) in [4.78, 5) is 12.4. The number of halogens is 1. The first kappa shape index (κ1) is 15.8. The zero-order valence-corrected chi connectivity index (χ0v) is 13.0. The lowest BCUT2D eigenvalue weighted by molar-refractivity contribution is -0.131. The molecule has 2 rings (SSSR count). The number of nitrogens with one attached hydrogen (secondary N) is 2. The third kappa shape index (κ3) is 2.27. The molecule has 4 heteroatoms. The van der Waals surface area contributed by atoms with Crippen LogP contribution in [0.2, 0.25) is 0 Å². The van der Waals surface area contributed by atoms with Gasteiger partial charge in [-0.25, -0.2) is 0 Å². The van der Waals surface area contributed by atoms with Gasteiger partial charge in [-0.1, -0.05) is 27.7 Å². The zero-order chi connectivity index (χ0) is 12.9. The van der Waals surface area contributed by atoms with E-state index in [1.165, 1.54) is 0 Å². The van der Waals surface area contributed by atoms with Crippen LogP contribution < -0.4 is 10.6 Å². The van der Waals surface area contributed by atoms with Crippen molar-refractivity contribution in [2.75, 3.05) is 13.1 Å². The Kier molecular flexibility index (Phi) is 4.10. The summed E-state index contributed by atoms with van der Waals surface area (Å²) in [5.74, 6) is 0.230. The molecule has 0 bridgehead atoms. The van der Waals surface area contributed by atoms with E-state index in [2.05, 4.69) is 45.3 Å². The van der Waals surface area contributed by atoms with Crippen LogP contribution in [-0.2, 0) is 4.79 Å². The van der Waals surface area contributed by atoms with E-state index in [0.29, 0.717) is 6.04 Å². The van der Waals surface area contributed by atoms with Crippen LogP contribution in [0.3, 0.4) is 0 Å². The maximum Gasteiger partial charge on any atom is 0.227 e. The SMILES string of the molecule is CC1(C(=O)NC2C(C)(C)C2(C)C)CCCNC1.Cl. The number of piperidine rings is 1. The standard InChI is InChI=1S/C14H26N2O.ClH/c1-12(2)10(13(12,3)4)16-11(17)14(5)7-6-8-15-9-14;/h10,15H,6-9H2,1-5H3,(H,16,17);1H. The van der Waals surface area contributed by atoms with Crippen molar-refractivity contribution in [3.63, 3.8) is 0 Å². The van der Waals surface area contributed by atoms with Crippen molar-refractivity contribution in [2.45, 2.75) is 53.5 Å². The Labute approximate surface area is 117 Å². The summed E-state index contributed by atoms with van der Waals surface area (Å²) in [6.45, 7) is 12.9. The predicted octanol–water partition coefficient (Wildman–Crippen LogP) is 2.35. The van der Waals surface area contributed by atoms with Gasteiger partial charge >= 0.3 is 0 Å². The lowest BCUT2D eigenvalue weighted by Gasteiger charge is -2.33. The van der Waals surface area contributed by atoms with Gasteiger partial charge in [0, 0.05) is 12.6 Å². The van der Waals surface area contributed by atoms with Crippen LogP contribution in [0.15, 0.2) is 0 Å². The second-order valence-corrected chi connectivity index (χ2v) is 7.19. The molecule has 1 amide bonds. The van der Waals surface area contributed by atoms with Crippen LogP contribution in [0.5, 0.6) is 0 Å². The van der Waals surface area contributed by atoms with Gasteiger partial charge in [-0.2, -0.15) is 0 Å². The fraction of sp³-hybridized carbons (Fsp3) is 0.929. The number of amides is 1. The Morgan fingerprint density at radius 1 is 1.17 bits per heavy atom. The molecule has 3 nitrogen and oxygen atoms in total. The molecule has 2 fully saturated rings. The number of carbonyl (C=O) groups is 1. The summed E-state index contributed by atoms with van der Waals surface area (Å²) < 4.78 is 0. The molecule has 1 heterocycles. The van der Waals surface area contributed by atoms with Gasteiger partial charge in [0.25, 0.3) is 0 Å². The van der Waals surface area contributed by atoms with Crippen molar-refractivity contribution in [1.29, 1.82) is 0 Å². The second-order valence-electron chi connectivity index (χ2n) is 7.19. The highest BCUT2D eigenvalue weighted by molar-refractivity contribution is 5.85. The average Bonchev–Trinajstić information content (AvgIpc) is 2.62. The minimum Gasteiger partial charge on any atom is -0.352 e. The maximum atomic E-state index is 12.4. The first-order valence-electron chi connectivity index (χ1n) is 6.73. The number of rotatable bonds is 2. The topological polar surface area (TPSA) is 41.1 Å². The third-order valence-electron chi connectivity index (χ3n) is 5.44. The van der Waals surface area contributed by atoms with E-state index in [-0.39, 0.29) is 34.6 Å². The fourth-order valence-electron chi connectivity index (χ4n) is 3.11. The molecule has 2 aliphatic rings. The molecule has 0 aromatic rings. The largest absolute Gasteiger partial charge is 0.352 e. The first-order chi connectivity index (χ1) is 7.72. The minimum atomic E-state index is -0.215. The highest BCUT2D eigenvalue weighted by Gasteiger charge is 2.65. The molecule has 0 aromatic carbocycles. The van der Waals surface area contributed by atoms with E-state index < -0.39 is 0 Å². The van der Waals surface area contributed by atoms with Gasteiger partial charge in [0.2, 0.25) is 5.91 Å². The van der Waals surface area contributed by atoms with Crippen molar-refractivity contribution in [1.82, 2.24) is 10.6 Å². The molecule has 1 saturated heterocycles. The highest BCUT2D eigenvalue weighted by atomic mass is 35.5. The van der Waals surface area contributed by atoms with Crippen LogP contribution in [0.25, 0.3) is 0 Å².